The topological polar surface area (TPSA) is 91.7 Å². The number of carbonyl (C=O) groups excluding carboxylic acids is 2. The quantitative estimate of drug-likeness (QED) is 0.484. The number of hydrogen-bond acceptors (Lipinski definition) is 6. The Morgan fingerprint density at radius 3 is 2.43 bits per heavy atom. The molecule has 162 valence electrons. The average Bonchev–Trinajstić information content (AvgIpc) is 3.17. The zero-order chi connectivity index (χ0) is 22.1. The van der Waals surface area contributed by atoms with Crippen molar-refractivity contribution in [2.45, 2.75) is 32.9 Å². The number of Topliss-reactive ketones (excluding diaryl/α,β-unsaturated/α-hetero) is 1. The number of esters is 1. The van der Waals surface area contributed by atoms with Crippen molar-refractivity contribution in [3.05, 3.63) is 52.8 Å². The molecule has 0 amide bonds. The Hall–Kier alpha value is -2.75. The van der Waals surface area contributed by atoms with Crippen molar-refractivity contribution >= 4 is 21.6 Å². The molecule has 1 aliphatic heterocycles. The number of aryl methyl sites for hydroxylation is 1. The van der Waals surface area contributed by atoms with Crippen LogP contribution in [0.2, 0.25) is 0 Å². The molecular formula is C20H21F2NO6S. The Labute approximate surface area is 172 Å². The van der Waals surface area contributed by atoms with Gasteiger partial charge in [0, 0.05) is 23.0 Å². The molecule has 0 radical (unpaired) electrons. The summed E-state index contributed by atoms with van der Waals surface area (Å²) in [6.45, 7) is 0.0589. The number of halogens is 2. The molecule has 0 bridgehead atoms. The van der Waals surface area contributed by atoms with Gasteiger partial charge in [-0.1, -0.05) is 0 Å². The van der Waals surface area contributed by atoms with Gasteiger partial charge in [0.2, 0.25) is 5.78 Å². The lowest BCUT2D eigenvalue weighted by molar-refractivity contribution is -0.0498. The van der Waals surface area contributed by atoms with Crippen molar-refractivity contribution in [1.29, 1.82) is 0 Å². The number of alkyl halides is 2. The third kappa shape index (κ3) is 4.86. The molecule has 7 nitrogen and oxygen atoms in total. The lowest BCUT2D eigenvalue weighted by Gasteiger charge is -2.16. The normalized spacial score (nSPS) is 17.8. The molecular weight excluding hydrogens is 420 g/mol. The SMILES string of the molecule is Cc1cc(C(=O)COC(=O)c2ccc(OC(F)F)cc2)c(C)n1C1CCS(=O)(=O)C1. The van der Waals surface area contributed by atoms with Crippen LogP contribution in [0.3, 0.4) is 0 Å². The summed E-state index contributed by atoms with van der Waals surface area (Å²) in [5, 5.41) is 0. The van der Waals surface area contributed by atoms with Crippen LogP contribution in [0.4, 0.5) is 8.78 Å². The third-order valence-electron chi connectivity index (χ3n) is 5.01. The number of nitrogens with zero attached hydrogens (tertiary/aromatic N) is 1. The lowest BCUT2D eigenvalue weighted by atomic mass is 10.1. The Bertz CT molecular complexity index is 1060. The smallest absolute Gasteiger partial charge is 0.387 e. The fourth-order valence-electron chi connectivity index (χ4n) is 3.66. The molecule has 1 atom stereocenters. The van der Waals surface area contributed by atoms with Crippen molar-refractivity contribution in [3.8, 4) is 5.75 Å². The molecule has 2 heterocycles. The van der Waals surface area contributed by atoms with Crippen molar-refractivity contribution < 1.29 is 36.3 Å². The van der Waals surface area contributed by atoms with Crippen LogP contribution in [-0.2, 0) is 14.6 Å². The zero-order valence-electron chi connectivity index (χ0n) is 16.4. The summed E-state index contributed by atoms with van der Waals surface area (Å²) in [6.07, 6.45) is 0.493. The summed E-state index contributed by atoms with van der Waals surface area (Å²) in [5.74, 6) is -1.13. The Morgan fingerprint density at radius 1 is 1.20 bits per heavy atom. The van der Waals surface area contributed by atoms with Gasteiger partial charge >= 0.3 is 12.6 Å². The number of benzene rings is 1. The second-order valence-corrected chi connectivity index (χ2v) is 9.34. The van der Waals surface area contributed by atoms with Gasteiger partial charge in [-0.05, 0) is 50.6 Å². The van der Waals surface area contributed by atoms with Crippen LogP contribution in [0.25, 0.3) is 0 Å². The Morgan fingerprint density at radius 2 is 1.87 bits per heavy atom. The fraction of sp³-hybridized carbons (Fsp3) is 0.400. The molecule has 0 aliphatic carbocycles. The van der Waals surface area contributed by atoms with E-state index in [-0.39, 0.29) is 28.9 Å². The van der Waals surface area contributed by atoms with Crippen LogP contribution >= 0.6 is 0 Å². The van der Waals surface area contributed by atoms with Gasteiger partial charge in [-0.3, -0.25) is 4.79 Å². The van der Waals surface area contributed by atoms with Gasteiger partial charge in [0.15, 0.2) is 16.4 Å². The monoisotopic (exact) mass is 441 g/mol. The molecule has 10 heteroatoms. The van der Waals surface area contributed by atoms with Gasteiger partial charge in [-0.15, -0.1) is 0 Å². The van der Waals surface area contributed by atoms with Gasteiger partial charge < -0.3 is 14.0 Å². The molecule has 1 aromatic carbocycles. The van der Waals surface area contributed by atoms with Gasteiger partial charge in [0.05, 0.1) is 17.1 Å². The van der Waals surface area contributed by atoms with Crippen molar-refractivity contribution in [3.63, 3.8) is 0 Å². The van der Waals surface area contributed by atoms with Crippen molar-refractivity contribution in [2.24, 2.45) is 0 Å². The van der Waals surface area contributed by atoms with Crippen LogP contribution in [0.5, 0.6) is 5.75 Å². The number of rotatable bonds is 7. The van der Waals surface area contributed by atoms with E-state index >= 15 is 0 Å². The van der Waals surface area contributed by atoms with E-state index in [0.29, 0.717) is 17.7 Å². The lowest BCUT2D eigenvalue weighted by Crippen LogP contribution is -2.17. The molecule has 1 fully saturated rings. The first-order chi connectivity index (χ1) is 14.1. The molecule has 1 aliphatic rings. The van der Waals surface area contributed by atoms with Crippen LogP contribution in [0.1, 0.15) is 44.6 Å². The summed E-state index contributed by atoms with van der Waals surface area (Å²) < 4.78 is 59.0. The van der Waals surface area contributed by atoms with E-state index in [4.69, 9.17) is 4.74 Å². The van der Waals surface area contributed by atoms with Gasteiger partial charge in [-0.25, -0.2) is 13.2 Å². The standard InChI is InChI=1S/C20H21F2NO6S/c1-12-9-17(13(2)23(12)15-7-8-30(26,27)11-15)18(24)10-28-19(25)14-3-5-16(6-4-14)29-20(21)22/h3-6,9,15,20H,7-8,10-11H2,1-2H3. The van der Waals surface area contributed by atoms with E-state index in [1.165, 1.54) is 24.3 Å². The predicted molar refractivity (Wildman–Crippen MR) is 104 cm³/mol. The highest BCUT2D eigenvalue weighted by Gasteiger charge is 2.31. The van der Waals surface area contributed by atoms with Crippen LogP contribution in [0, 0.1) is 13.8 Å². The maximum atomic E-state index is 12.6. The molecule has 0 N–H and O–H groups in total. The Balaban J connectivity index is 1.65. The molecule has 2 aromatic rings. The van der Waals surface area contributed by atoms with E-state index in [2.05, 4.69) is 4.74 Å². The largest absolute Gasteiger partial charge is 0.454 e. The van der Waals surface area contributed by atoms with Crippen LogP contribution in [-0.4, -0.2) is 49.5 Å². The summed E-state index contributed by atoms with van der Waals surface area (Å²) in [5.41, 5.74) is 1.85. The van der Waals surface area contributed by atoms with E-state index < -0.39 is 34.8 Å². The highest BCUT2D eigenvalue weighted by molar-refractivity contribution is 7.91. The minimum absolute atomic E-state index is 0.0389. The summed E-state index contributed by atoms with van der Waals surface area (Å²) >= 11 is 0. The first kappa shape index (κ1) is 21.9. The molecule has 0 spiro atoms. The molecule has 0 saturated carbocycles. The Kier molecular flexibility index (Phi) is 6.25. The van der Waals surface area contributed by atoms with E-state index in [9.17, 15) is 26.8 Å². The predicted octanol–water partition coefficient (Wildman–Crippen LogP) is 3.11. The highest BCUT2D eigenvalue weighted by Crippen LogP contribution is 2.29. The summed E-state index contributed by atoms with van der Waals surface area (Å²) in [4.78, 5) is 24.7. The number of ketones is 1. The molecule has 3 rings (SSSR count). The van der Waals surface area contributed by atoms with E-state index in [0.717, 1.165) is 5.69 Å². The van der Waals surface area contributed by atoms with Crippen molar-refractivity contribution in [1.82, 2.24) is 4.57 Å². The first-order valence-corrected chi connectivity index (χ1v) is 11.0. The van der Waals surface area contributed by atoms with Crippen LogP contribution in [0.15, 0.2) is 30.3 Å². The zero-order valence-corrected chi connectivity index (χ0v) is 17.2. The molecule has 30 heavy (non-hydrogen) atoms. The maximum Gasteiger partial charge on any atom is 0.387 e. The second kappa shape index (κ2) is 8.55. The molecule has 1 aromatic heterocycles. The molecule has 1 saturated heterocycles. The van der Waals surface area contributed by atoms with Crippen LogP contribution < -0.4 is 4.74 Å². The number of aromatic nitrogens is 1. The van der Waals surface area contributed by atoms with E-state index in [1.54, 1.807) is 19.9 Å². The second-order valence-electron chi connectivity index (χ2n) is 7.11. The average molecular weight is 441 g/mol. The minimum Gasteiger partial charge on any atom is -0.454 e. The van der Waals surface area contributed by atoms with E-state index in [1.807, 2.05) is 4.57 Å². The first-order valence-electron chi connectivity index (χ1n) is 9.21. The fourth-order valence-corrected chi connectivity index (χ4v) is 5.36. The maximum absolute atomic E-state index is 12.6. The van der Waals surface area contributed by atoms with Gasteiger partial charge in [0.1, 0.15) is 5.75 Å². The van der Waals surface area contributed by atoms with Gasteiger partial charge in [-0.2, -0.15) is 8.78 Å². The van der Waals surface area contributed by atoms with Crippen molar-refractivity contribution in [2.75, 3.05) is 18.1 Å². The number of ether oxygens (including phenoxy) is 2. The summed E-state index contributed by atoms with van der Waals surface area (Å²) in [6, 6.07) is 6.37. The number of sulfone groups is 1. The highest BCUT2D eigenvalue weighted by atomic mass is 32.2. The number of carbonyl (C=O) groups is 2. The third-order valence-corrected chi connectivity index (χ3v) is 6.76. The minimum atomic E-state index is -3.08. The summed E-state index contributed by atoms with van der Waals surface area (Å²) in [7, 11) is -3.08. The molecule has 1 unspecified atom stereocenters. The number of hydrogen-bond donors (Lipinski definition) is 0. The van der Waals surface area contributed by atoms with Gasteiger partial charge in [0.25, 0.3) is 0 Å².